The number of hydrogen-bond donors (Lipinski definition) is 1. The SMILES string of the molecule is O=S(=O)(CCc1ccccc1)Nc1ccc(N2CCOCC2)nn1. The van der Waals surface area contributed by atoms with Gasteiger partial charge in [-0.25, -0.2) is 8.42 Å². The van der Waals surface area contributed by atoms with Crippen molar-refractivity contribution in [1.82, 2.24) is 10.2 Å². The number of ether oxygens (including phenoxy) is 1. The summed E-state index contributed by atoms with van der Waals surface area (Å²) in [5.74, 6) is 0.967. The van der Waals surface area contributed by atoms with Gasteiger partial charge in [-0.1, -0.05) is 30.3 Å². The van der Waals surface area contributed by atoms with Crippen LogP contribution in [0.3, 0.4) is 0 Å². The highest BCUT2D eigenvalue weighted by atomic mass is 32.2. The van der Waals surface area contributed by atoms with Gasteiger partial charge in [0.15, 0.2) is 11.6 Å². The largest absolute Gasteiger partial charge is 0.378 e. The third-order valence-electron chi connectivity index (χ3n) is 3.75. The summed E-state index contributed by atoms with van der Waals surface area (Å²) in [6.45, 7) is 2.85. The summed E-state index contributed by atoms with van der Waals surface area (Å²) in [5.41, 5.74) is 0.983. The molecular weight excluding hydrogens is 328 g/mol. The Morgan fingerprint density at radius 1 is 1.04 bits per heavy atom. The van der Waals surface area contributed by atoms with Crippen molar-refractivity contribution in [3.63, 3.8) is 0 Å². The van der Waals surface area contributed by atoms with E-state index in [9.17, 15) is 8.42 Å². The highest BCUT2D eigenvalue weighted by molar-refractivity contribution is 7.92. The minimum Gasteiger partial charge on any atom is -0.378 e. The van der Waals surface area contributed by atoms with Crippen LogP contribution in [-0.2, 0) is 21.2 Å². The molecule has 0 bridgehead atoms. The topological polar surface area (TPSA) is 84.4 Å². The van der Waals surface area contributed by atoms with Gasteiger partial charge < -0.3 is 9.64 Å². The summed E-state index contributed by atoms with van der Waals surface area (Å²) in [7, 11) is -3.46. The second-order valence-electron chi connectivity index (χ2n) is 5.53. The smallest absolute Gasteiger partial charge is 0.234 e. The Bertz CT molecular complexity index is 745. The summed E-state index contributed by atoms with van der Waals surface area (Å²) >= 11 is 0. The van der Waals surface area contributed by atoms with Gasteiger partial charge in [0, 0.05) is 13.1 Å². The van der Waals surface area contributed by atoms with E-state index in [0.29, 0.717) is 19.6 Å². The molecule has 1 aromatic heterocycles. The molecular formula is C16H20N4O3S. The van der Waals surface area contributed by atoms with Gasteiger partial charge in [0.2, 0.25) is 10.0 Å². The van der Waals surface area contributed by atoms with Crippen LogP contribution in [0.1, 0.15) is 5.56 Å². The number of hydrogen-bond acceptors (Lipinski definition) is 6. The molecule has 24 heavy (non-hydrogen) atoms. The molecule has 3 rings (SSSR count). The fraction of sp³-hybridized carbons (Fsp3) is 0.375. The van der Waals surface area contributed by atoms with Gasteiger partial charge in [-0.05, 0) is 24.1 Å². The number of benzene rings is 1. The van der Waals surface area contributed by atoms with Crippen LogP contribution in [-0.4, -0.2) is 50.7 Å². The highest BCUT2D eigenvalue weighted by Gasteiger charge is 2.15. The highest BCUT2D eigenvalue weighted by Crippen LogP contribution is 2.14. The van der Waals surface area contributed by atoms with E-state index in [1.807, 2.05) is 30.3 Å². The lowest BCUT2D eigenvalue weighted by Gasteiger charge is -2.27. The number of morpholine rings is 1. The fourth-order valence-corrected chi connectivity index (χ4v) is 3.48. The van der Waals surface area contributed by atoms with Crippen LogP contribution >= 0.6 is 0 Å². The number of sulfonamides is 1. The van der Waals surface area contributed by atoms with Crippen LogP contribution < -0.4 is 9.62 Å². The molecule has 1 aromatic carbocycles. The molecule has 128 valence electrons. The number of aromatic nitrogens is 2. The molecule has 0 unspecified atom stereocenters. The quantitative estimate of drug-likeness (QED) is 0.847. The average molecular weight is 348 g/mol. The summed E-state index contributed by atoms with van der Waals surface area (Å²) in [4.78, 5) is 2.06. The molecule has 0 amide bonds. The molecule has 0 radical (unpaired) electrons. The monoisotopic (exact) mass is 348 g/mol. The van der Waals surface area contributed by atoms with Crippen LogP contribution in [0.25, 0.3) is 0 Å². The van der Waals surface area contributed by atoms with E-state index >= 15 is 0 Å². The molecule has 1 aliphatic heterocycles. The van der Waals surface area contributed by atoms with Gasteiger partial charge in [0.05, 0.1) is 19.0 Å². The molecule has 1 N–H and O–H groups in total. The van der Waals surface area contributed by atoms with Crippen molar-refractivity contribution in [2.45, 2.75) is 6.42 Å². The maximum atomic E-state index is 12.2. The van der Waals surface area contributed by atoms with Crippen LogP contribution in [0.15, 0.2) is 42.5 Å². The van der Waals surface area contributed by atoms with E-state index in [-0.39, 0.29) is 11.6 Å². The van der Waals surface area contributed by atoms with Crippen molar-refractivity contribution in [3.8, 4) is 0 Å². The molecule has 1 saturated heterocycles. The molecule has 7 nitrogen and oxygen atoms in total. The zero-order valence-corrected chi connectivity index (χ0v) is 14.1. The van der Waals surface area contributed by atoms with E-state index in [1.54, 1.807) is 12.1 Å². The van der Waals surface area contributed by atoms with Gasteiger partial charge in [-0.3, -0.25) is 4.72 Å². The first-order valence-corrected chi connectivity index (χ1v) is 9.48. The predicted molar refractivity (Wildman–Crippen MR) is 92.6 cm³/mol. The van der Waals surface area contributed by atoms with Gasteiger partial charge in [-0.2, -0.15) is 0 Å². The van der Waals surface area contributed by atoms with Crippen LogP contribution in [0, 0.1) is 0 Å². The Kier molecular flexibility index (Phi) is 5.27. The van der Waals surface area contributed by atoms with E-state index < -0.39 is 10.0 Å². The first kappa shape index (κ1) is 16.7. The predicted octanol–water partition coefficient (Wildman–Crippen LogP) is 1.30. The number of aryl methyl sites for hydroxylation is 1. The molecule has 1 aliphatic rings. The molecule has 8 heteroatoms. The number of rotatable bonds is 6. The molecule has 0 atom stereocenters. The lowest BCUT2D eigenvalue weighted by molar-refractivity contribution is 0.122. The average Bonchev–Trinajstić information content (AvgIpc) is 2.62. The standard InChI is InChI=1S/C16H20N4O3S/c21-24(22,13-8-14-4-2-1-3-5-14)19-15-6-7-16(18-17-15)20-9-11-23-12-10-20/h1-7H,8-13H2,(H,17,19). The first-order chi connectivity index (χ1) is 11.6. The Morgan fingerprint density at radius 2 is 1.79 bits per heavy atom. The van der Waals surface area contributed by atoms with E-state index in [0.717, 1.165) is 24.5 Å². The van der Waals surface area contributed by atoms with Crippen molar-refractivity contribution in [3.05, 3.63) is 48.0 Å². The van der Waals surface area contributed by atoms with Gasteiger partial charge in [-0.15, -0.1) is 10.2 Å². The lowest BCUT2D eigenvalue weighted by Crippen LogP contribution is -2.36. The third kappa shape index (κ3) is 4.65. The fourth-order valence-electron chi connectivity index (χ4n) is 2.45. The van der Waals surface area contributed by atoms with E-state index in [1.165, 1.54) is 0 Å². The maximum absolute atomic E-state index is 12.2. The molecule has 0 aliphatic carbocycles. The van der Waals surface area contributed by atoms with Crippen molar-refractivity contribution in [2.24, 2.45) is 0 Å². The van der Waals surface area contributed by atoms with Gasteiger partial charge >= 0.3 is 0 Å². The summed E-state index contributed by atoms with van der Waals surface area (Å²) < 4.78 is 32.1. The summed E-state index contributed by atoms with van der Waals surface area (Å²) in [6, 6.07) is 12.9. The Morgan fingerprint density at radius 3 is 2.46 bits per heavy atom. The Labute approximate surface area is 141 Å². The minimum atomic E-state index is -3.46. The van der Waals surface area contributed by atoms with Crippen molar-refractivity contribution in [1.29, 1.82) is 0 Å². The zero-order valence-electron chi connectivity index (χ0n) is 13.3. The van der Waals surface area contributed by atoms with E-state index in [4.69, 9.17) is 4.74 Å². The van der Waals surface area contributed by atoms with Gasteiger partial charge in [0.1, 0.15) is 0 Å². The Hall–Kier alpha value is -2.19. The van der Waals surface area contributed by atoms with Crippen molar-refractivity contribution < 1.29 is 13.2 Å². The van der Waals surface area contributed by atoms with Crippen molar-refractivity contribution in [2.75, 3.05) is 41.7 Å². The lowest BCUT2D eigenvalue weighted by atomic mass is 10.2. The third-order valence-corrected chi connectivity index (χ3v) is 5.01. The molecule has 1 fully saturated rings. The zero-order chi connectivity index (χ0) is 16.8. The van der Waals surface area contributed by atoms with Crippen molar-refractivity contribution >= 4 is 21.7 Å². The summed E-state index contributed by atoms with van der Waals surface area (Å²) in [5, 5.41) is 8.07. The number of nitrogens with one attached hydrogen (secondary N) is 1. The molecule has 2 heterocycles. The second kappa shape index (κ2) is 7.59. The first-order valence-electron chi connectivity index (χ1n) is 7.83. The van der Waals surface area contributed by atoms with Crippen LogP contribution in [0.2, 0.25) is 0 Å². The number of anilines is 2. The molecule has 0 saturated carbocycles. The Balaban J connectivity index is 1.58. The van der Waals surface area contributed by atoms with Crippen LogP contribution in [0.4, 0.5) is 11.6 Å². The second-order valence-corrected chi connectivity index (χ2v) is 7.37. The summed E-state index contributed by atoms with van der Waals surface area (Å²) in [6.07, 6.45) is 0.454. The van der Waals surface area contributed by atoms with E-state index in [2.05, 4.69) is 19.8 Å². The van der Waals surface area contributed by atoms with Crippen LogP contribution in [0.5, 0.6) is 0 Å². The normalized spacial score (nSPS) is 15.2. The number of nitrogens with zero attached hydrogens (tertiary/aromatic N) is 3. The van der Waals surface area contributed by atoms with Gasteiger partial charge in [0.25, 0.3) is 0 Å². The molecule has 0 spiro atoms. The minimum absolute atomic E-state index is 0.00388. The molecule has 2 aromatic rings. The maximum Gasteiger partial charge on any atom is 0.234 e.